The first kappa shape index (κ1) is 12.5. The van der Waals surface area contributed by atoms with Crippen molar-refractivity contribution in [3.8, 4) is 0 Å². The lowest BCUT2D eigenvalue weighted by Gasteiger charge is -2.26. The molecule has 2 unspecified atom stereocenters. The van der Waals surface area contributed by atoms with E-state index in [0.29, 0.717) is 6.10 Å². The van der Waals surface area contributed by atoms with Crippen molar-refractivity contribution in [1.29, 1.82) is 5.41 Å². The summed E-state index contributed by atoms with van der Waals surface area (Å²) in [5.41, 5.74) is 5.47. The summed E-state index contributed by atoms with van der Waals surface area (Å²) >= 11 is 0. The quantitative estimate of drug-likeness (QED) is 0.512. The van der Waals surface area contributed by atoms with Crippen LogP contribution in [0.1, 0.15) is 26.7 Å². The zero-order valence-electron chi connectivity index (χ0n) is 9.83. The van der Waals surface area contributed by atoms with E-state index in [9.17, 15) is 0 Å². The lowest BCUT2D eigenvalue weighted by molar-refractivity contribution is 0.0728. The van der Waals surface area contributed by atoms with Crippen LogP contribution in [-0.4, -0.2) is 43.1 Å². The van der Waals surface area contributed by atoms with Gasteiger partial charge in [-0.1, -0.05) is 13.8 Å². The van der Waals surface area contributed by atoms with Gasteiger partial charge in [-0.3, -0.25) is 5.41 Å². The van der Waals surface area contributed by atoms with Gasteiger partial charge < -0.3 is 15.4 Å². The van der Waals surface area contributed by atoms with Crippen LogP contribution >= 0.6 is 0 Å². The predicted octanol–water partition coefficient (Wildman–Crippen LogP) is 1.06. The van der Waals surface area contributed by atoms with Crippen LogP contribution in [0.15, 0.2) is 0 Å². The van der Waals surface area contributed by atoms with Crippen LogP contribution in [0.2, 0.25) is 0 Å². The Morgan fingerprint density at radius 1 is 1.67 bits per heavy atom. The fourth-order valence-corrected chi connectivity index (χ4v) is 1.89. The number of amidine groups is 1. The monoisotopic (exact) mass is 213 g/mol. The Hall–Kier alpha value is -0.610. The fraction of sp³-hybridized carbons (Fsp3) is 0.909. The minimum Gasteiger partial charge on any atom is -0.387 e. The number of nitrogens with zero attached hydrogens (tertiary/aromatic N) is 1. The van der Waals surface area contributed by atoms with Crippen molar-refractivity contribution in [2.45, 2.75) is 32.8 Å². The second-order valence-corrected chi connectivity index (χ2v) is 4.34. The maximum atomic E-state index is 7.37. The molecule has 0 aromatic rings. The molecule has 1 heterocycles. The maximum Gasteiger partial charge on any atom is 0.0947 e. The van der Waals surface area contributed by atoms with E-state index in [2.05, 4.69) is 11.8 Å². The molecule has 1 aliphatic heterocycles. The zero-order chi connectivity index (χ0) is 11.3. The first-order valence-corrected chi connectivity index (χ1v) is 5.81. The average molecular weight is 213 g/mol. The van der Waals surface area contributed by atoms with Crippen molar-refractivity contribution in [2.24, 2.45) is 11.7 Å². The number of nitrogens with two attached hydrogens (primary N) is 1. The Balaban J connectivity index is 2.31. The number of nitrogens with one attached hydrogen (secondary N) is 1. The minimum atomic E-state index is 0.145. The molecule has 1 fully saturated rings. The van der Waals surface area contributed by atoms with Crippen molar-refractivity contribution in [3.05, 3.63) is 0 Å². The van der Waals surface area contributed by atoms with Crippen LogP contribution in [-0.2, 0) is 4.74 Å². The van der Waals surface area contributed by atoms with E-state index in [0.717, 1.165) is 26.2 Å². The number of hydrogen-bond acceptors (Lipinski definition) is 3. The molecule has 15 heavy (non-hydrogen) atoms. The molecule has 0 aromatic heterocycles. The highest BCUT2D eigenvalue weighted by molar-refractivity contribution is 5.79. The van der Waals surface area contributed by atoms with Crippen molar-refractivity contribution in [3.63, 3.8) is 0 Å². The summed E-state index contributed by atoms with van der Waals surface area (Å²) in [6.45, 7) is 7.89. The summed E-state index contributed by atoms with van der Waals surface area (Å²) in [4.78, 5) is 2.32. The molecular weight excluding hydrogens is 190 g/mol. The van der Waals surface area contributed by atoms with Gasteiger partial charge in [0.25, 0.3) is 0 Å². The first-order valence-electron chi connectivity index (χ1n) is 5.81. The lowest BCUT2D eigenvalue weighted by Crippen LogP contribution is -2.38. The van der Waals surface area contributed by atoms with Crippen molar-refractivity contribution in [1.82, 2.24) is 4.90 Å². The third-order valence-electron chi connectivity index (χ3n) is 3.00. The molecule has 4 heteroatoms. The van der Waals surface area contributed by atoms with Gasteiger partial charge >= 0.3 is 0 Å². The van der Waals surface area contributed by atoms with Gasteiger partial charge in [0.2, 0.25) is 0 Å². The Kier molecular flexibility index (Phi) is 5.05. The van der Waals surface area contributed by atoms with Crippen molar-refractivity contribution in [2.75, 3.05) is 26.2 Å². The van der Waals surface area contributed by atoms with Gasteiger partial charge in [0.15, 0.2) is 0 Å². The summed E-state index contributed by atoms with van der Waals surface area (Å²) in [5.74, 6) is 0.423. The SMILES string of the molecule is CCN(CC1CCCO1)CC(C)C(=N)N. The van der Waals surface area contributed by atoms with Crippen LogP contribution in [0.4, 0.5) is 0 Å². The van der Waals surface area contributed by atoms with Crippen molar-refractivity contribution < 1.29 is 4.74 Å². The molecule has 1 saturated heterocycles. The topological polar surface area (TPSA) is 62.3 Å². The average Bonchev–Trinajstić information content (AvgIpc) is 2.69. The van der Waals surface area contributed by atoms with Gasteiger partial charge in [0.05, 0.1) is 11.9 Å². The standard InChI is InChI=1S/C11H23N3O/c1-3-14(7-9(2)11(12)13)8-10-5-4-6-15-10/h9-10H,3-8H2,1-2H3,(H3,12,13). The third-order valence-corrected chi connectivity index (χ3v) is 3.00. The van der Waals surface area contributed by atoms with Crippen LogP contribution in [0, 0.1) is 11.3 Å². The predicted molar refractivity (Wildman–Crippen MR) is 62.2 cm³/mol. The van der Waals surface area contributed by atoms with Crippen LogP contribution < -0.4 is 5.73 Å². The number of likely N-dealkylation sites (N-methyl/N-ethyl adjacent to an activating group) is 1. The maximum absolute atomic E-state index is 7.37. The largest absolute Gasteiger partial charge is 0.387 e. The molecule has 0 aliphatic carbocycles. The smallest absolute Gasteiger partial charge is 0.0947 e. The summed E-state index contributed by atoms with van der Waals surface area (Å²) < 4.78 is 5.60. The highest BCUT2D eigenvalue weighted by atomic mass is 16.5. The van der Waals surface area contributed by atoms with Gasteiger partial charge in [-0.05, 0) is 19.4 Å². The molecule has 4 nitrogen and oxygen atoms in total. The Bertz CT molecular complexity index is 202. The number of rotatable bonds is 6. The zero-order valence-corrected chi connectivity index (χ0v) is 9.83. The molecule has 0 saturated carbocycles. The lowest BCUT2D eigenvalue weighted by atomic mass is 10.1. The van der Waals surface area contributed by atoms with E-state index in [4.69, 9.17) is 15.9 Å². The molecule has 1 aliphatic rings. The van der Waals surface area contributed by atoms with E-state index < -0.39 is 0 Å². The molecule has 2 atom stereocenters. The molecule has 0 aromatic carbocycles. The Morgan fingerprint density at radius 3 is 2.87 bits per heavy atom. The molecule has 0 radical (unpaired) electrons. The highest BCUT2D eigenvalue weighted by Gasteiger charge is 2.19. The van der Waals surface area contributed by atoms with Crippen LogP contribution in [0.3, 0.4) is 0 Å². The summed E-state index contributed by atoms with van der Waals surface area (Å²) in [5, 5.41) is 7.37. The first-order chi connectivity index (χ1) is 7.13. The Labute approximate surface area is 92.3 Å². The molecule has 88 valence electrons. The van der Waals surface area contributed by atoms with E-state index in [1.807, 2.05) is 6.92 Å². The van der Waals surface area contributed by atoms with Crippen LogP contribution in [0.5, 0.6) is 0 Å². The summed E-state index contributed by atoms with van der Waals surface area (Å²) in [6, 6.07) is 0. The fourth-order valence-electron chi connectivity index (χ4n) is 1.89. The van der Waals surface area contributed by atoms with Gasteiger partial charge in [-0.15, -0.1) is 0 Å². The van der Waals surface area contributed by atoms with Gasteiger partial charge in [0.1, 0.15) is 0 Å². The van der Waals surface area contributed by atoms with Gasteiger partial charge in [0, 0.05) is 25.6 Å². The number of ether oxygens (including phenoxy) is 1. The van der Waals surface area contributed by atoms with Gasteiger partial charge in [-0.2, -0.15) is 0 Å². The van der Waals surface area contributed by atoms with E-state index in [1.165, 1.54) is 12.8 Å². The highest BCUT2D eigenvalue weighted by Crippen LogP contribution is 2.13. The molecule has 0 bridgehead atoms. The van der Waals surface area contributed by atoms with Crippen LogP contribution in [0.25, 0.3) is 0 Å². The second-order valence-electron chi connectivity index (χ2n) is 4.34. The normalized spacial score (nSPS) is 23.3. The van der Waals surface area contributed by atoms with Gasteiger partial charge in [-0.25, -0.2) is 0 Å². The molecule has 0 amide bonds. The number of hydrogen-bond donors (Lipinski definition) is 2. The summed E-state index contributed by atoms with van der Waals surface area (Å²) in [7, 11) is 0. The van der Waals surface area contributed by atoms with E-state index in [-0.39, 0.29) is 11.8 Å². The molecule has 0 spiro atoms. The van der Waals surface area contributed by atoms with Crippen molar-refractivity contribution >= 4 is 5.84 Å². The minimum absolute atomic E-state index is 0.145. The third kappa shape index (κ3) is 4.18. The molecule has 1 rings (SSSR count). The molecular formula is C11H23N3O. The van der Waals surface area contributed by atoms with E-state index >= 15 is 0 Å². The second kappa shape index (κ2) is 6.08. The Morgan fingerprint density at radius 2 is 2.40 bits per heavy atom. The van der Waals surface area contributed by atoms with E-state index in [1.54, 1.807) is 0 Å². The molecule has 3 N–H and O–H groups in total. The summed E-state index contributed by atoms with van der Waals surface area (Å²) in [6.07, 6.45) is 2.75.